The van der Waals surface area contributed by atoms with E-state index in [0.717, 1.165) is 13.1 Å². The number of rotatable bonds is 1. The number of benzene rings is 1. The van der Waals surface area contributed by atoms with Crippen LogP contribution in [0.5, 0.6) is 5.75 Å². The van der Waals surface area contributed by atoms with Crippen molar-refractivity contribution in [2.75, 3.05) is 6.61 Å². The fraction of sp³-hybridized carbons (Fsp3) is 0.214. The van der Waals surface area contributed by atoms with Crippen LogP contribution in [-0.2, 0) is 13.2 Å². The molecule has 0 unspecified atom stereocenters. The summed E-state index contributed by atoms with van der Waals surface area (Å²) in [7, 11) is 1.09. The van der Waals surface area contributed by atoms with Crippen molar-refractivity contribution in [3.05, 3.63) is 39.8 Å². The molecule has 0 aliphatic carbocycles. The minimum Gasteiger partial charge on any atom is -0.488 e. The van der Waals surface area contributed by atoms with Crippen LogP contribution in [0.25, 0.3) is 16.8 Å². The molecule has 0 radical (unpaired) electrons. The third-order valence-electron chi connectivity index (χ3n) is 3.44. The summed E-state index contributed by atoms with van der Waals surface area (Å²) in [6.07, 6.45) is -4.70. The minimum absolute atomic E-state index is 0.158. The molecule has 1 aliphatic heterocycles. The molecule has 0 saturated carbocycles. The fourth-order valence-corrected chi connectivity index (χ4v) is 2.96. The second kappa shape index (κ2) is 5.42. The monoisotopic (exact) mass is 366 g/mol. The third-order valence-corrected chi connectivity index (χ3v) is 4.06. The van der Waals surface area contributed by atoms with Crippen LogP contribution in [0.1, 0.15) is 11.3 Å². The van der Waals surface area contributed by atoms with Crippen molar-refractivity contribution in [2.45, 2.75) is 6.18 Å². The summed E-state index contributed by atoms with van der Waals surface area (Å²) in [5.74, 6) is -0.456. The van der Waals surface area contributed by atoms with Crippen molar-refractivity contribution in [2.24, 2.45) is 7.05 Å². The summed E-state index contributed by atoms with van der Waals surface area (Å²) in [6.45, 7) is 0.158. The summed E-state index contributed by atoms with van der Waals surface area (Å²) in [5.41, 5.74) is 0.681. The third kappa shape index (κ3) is 2.57. The Morgan fingerprint density at radius 3 is 2.57 bits per heavy atom. The van der Waals surface area contributed by atoms with E-state index in [9.17, 15) is 17.6 Å². The number of fused-ring (bicyclic) bond motifs is 1. The normalized spacial score (nSPS) is 15.9. The summed E-state index contributed by atoms with van der Waals surface area (Å²) < 4.78 is 59.2. The Hall–Kier alpha value is -1.73. The van der Waals surface area contributed by atoms with Crippen molar-refractivity contribution in [3.63, 3.8) is 0 Å². The van der Waals surface area contributed by atoms with Gasteiger partial charge in [0.15, 0.2) is 5.69 Å². The maximum atomic E-state index is 14.3. The molecule has 2 aromatic rings. The van der Waals surface area contributed by atoms with Gasteiger partial charge in [-0.2, -0.15) is 18.3 Å². The molecule has 0 bridgehead atoms. The number of aromatic nitrogens is 2. The molecule has 3 rings (SSSR count). The lowest BCUT2D eigenvalue weighted by Gasteiger charge is -2.06. The van der Waals surface area contributed by atoms with E-state index in [0.29, 0.717) is 21.6 Å². The Morgan fingerprint density at radius 1 is 1.30 bits per heavy atom. The molecule has 0 spiro atoms. The second-order valence-electron chi connectivity index (χ2n) is 4.88. The molecule has 9 heteroatoms. The van der Waals surface area contributed by atoms with Crippen LogP contribution in [0.15, 0.2) is 17.7 Å². The highest BCUT2D eigenvalue weighted by Gasteiger charge is 2.39. The number of ether oxygens (including phenoxy) is 1. The molecule has 0 amide bonds. The molecule has 1 aromatic carbocycles. The van der Waals surface area contributed by atoms with Crippen LogP contribution in [0.3, 0.4) is 0 Å². The molecule has 0 fully saturated rings. The zero-order valence-corrected chi connectivity index (χ0v) is 13.0. The summed E-state index contributed by atoms with van der Waals surface area (Å²) in [4.78, 5) is 0. The molecular formula is C14H8Cl2F4N2O. The molecule has 0 atom stereocenters. The average Bonchev–Trinajstić information content (AvgIpc) is 2.97. The van der Waals surface area contributed by atoms with Gasteiger partial charge in [-0.15, -0.1) is 0 Å². The molecule has 122 valence electrons. The SMILES string of the molecule is Cn1nc(-c2cc3c(cc2F)C(=CCl)CO3)c(Cl)c1C(F)(F)F. The lowest BCUT2D eigenvalue weighted by atomic mass is 10.0. The predicted octanol–water partition coefficient (Wildman–Crippen LogP) is 4.87. The molecule has 1 aromatic heterocycles. The van der Waals surface area contributed by atoms with E-state index in [1.807, 2.05) is 0 Å². The van der Waals surface area contributed by atoms with Gasteiger partial charge < -0.3 is 4.74 Å². The first-order valence-electron chi connectivity index (χ1n) is 6.30. The van der Waals surface area contributed by atoms with Gasteiger partial charge in [0.05, 0.1) is 5.02 Å². The molecule has 3 nitrogen and oxygen atoms in total. The van der Waals surface area contributed by atoms with Gasteiger partial charge in [-0.1, -0.05) is 23.2 Å². The van der Waals surface area contributed by atoms with E-state index in [1.54, 1.807) is 0 Å². The summed E-state index contributed by atoms with van der Waals surface area (Å²) in [6, 6.07) is 2.41. The number of halogens is 6. The Morgan fingerprint density at radius 2 is 2.00 bits per heavy atom. The topological polar surface area (TPSA) is 27.1 Å². The van der Waals surface area contributed by atoms with Crippen LogP contribution in [0, 0.1) is 5.82 Å². The van der Waals surface area contributed by atoms with Crippen molar-refractivity contribution >= 4 is 28.8 Å². The molecule has 23 heavy (non-hydrogen) atoms. The maximum absolute atomic E-state index is 14.3. The average molecular weight is 367 g/mol. The number of alkyl halides is 3. The van der Waals surface area contributed by atoms with Gasteiger partial charge >= 0.3 is 6.18 Å². The Kier molecular flexibility index (Phi) is 3.80. The highest BCUT2D eigenvalue weighted by atomic mass is 35.5. The molecule has 1 aliphatic rings. The van der Waals surface area contributed by atoms with E-state index >= 15 is 0 Å². The van der Waals surface area contributed by atoms with E-state index in [1.165, 1.54) is 11.6 Å². The largest absolute Gasteiger partial charge is 0.488 e. The number of nitrogens with zero attached hydrogens (tertiary/aromatic N) is 2. The zero-order valence-electron chi connectivity index (χ0n) is 11.5. The van der Waals surface area contributed by atoms with Crippen molar-refractivity contribution < 1.29 is 22.3 Å². The predicted molar refractivity (Wildman–Crippen MR) is 77.9 cm³/mol. The van der Waals surface area contributed by atoms with Crippen molar-refractivity contribution in [1.29, 1.82) is 0 Å². The first-order chi connectivity index (χ1) is 10.7. The molecular weight excluding hydrogens is 359 g/mol. The Bertz CT molecular complexity index is 827. The van der Waals surface area contributed by atoms with Gasteiger partial charge in [-0.25, -0.2) is 4.39 Å². The second-order valence-corrected chi connectivity index (χ2v) is 5.48. The van der Waals surface area contributed by atoms with Gasteiger partial charge in [0, 0.05) is 29.3 Å². The number of hydrogen-bond acceptors (Lipinski definition) is 2. The van der Waals surface area contributed by atoms with Crippen LogP contribution >= 0.6 is 23.2 Å². The van der Waals surface area contributed by atoms with E-state index < -0.39 is 22.7 Å². The fourth-order valence-electron chi connectivity index (χ4n) is 2.41. The van der Waals surface area contributed by atoms with Crippen molar-refractivity contribution in [1.82, 2.24) is 9.78 Å². The summed E-state index contributed by atoms with van der Waals surface area (Å²) in [5, 5.41) is 3.04. The number of hydrogen-bond donors (Lipinski definition) is 0. The highest BCUT2D eigenvalue weighted by Crippen LogP contribution is 2.43. The minimum atomic E-state index is -4.70. The van der Waals surface area contributed by atoms with E-state index in [4.69, 9.17) is 27.9 Å². The Balaban J connectivity index is 2.18. The lowest BCUT2D eigenvalue weighted by molar-refractivity contribution is -0.143. The van der Waals surface area contributed by atoms with Crippen LogP contribution in [0.2, 0.25) is 5.02 Å². The Labute approximate surface area is 138 Å². The van der Waals surface area contributed by atoms with Crippen LogP contribution < -0.4 is 4.74 Å². The zero-order chi connectivity index (χ0) is 16.9. The van der Waals surface area contributed by atoms with Crippen molar-refractivity contribution in [3.8, 4) is 17.0 Å². The highest BCUT2D eigenvalue weighted by molar-refractivity contribution is 6.33. The standard InChI is InChI=1S/C14H8Cl2F4N2O/c1-22-13(14(18,19)20)11(16)12(21-22)8-3-10-7(2-9(8)17)6(4-15)5-23-10/h2-4H,5H2,1H3. The van der Waals surface area contributed by atoms with Gasteiger partial charge in [0.2, 0.25) is 0 Å². The van der Waals surface area contributed by atoms with E-state index in [2.05, 4.69) is 5.10 Å². The van der Waals surface area contributed by atoms with Gasteiger partial charge in [0.1, 0.15) is 23.9 Å². The van der Waals surface area contributed by atoms with Gasteiger partial charge in [-0.05, 0) is 12.1 Å². The maximum Gasteiger partial charge on any atom is 0.434 e. The first-order valence-corrected chi connectivity index (χ1v) is 7.11. The lowest BCUT2D eigenvalue weighted by Crippen LogP contribution is -2.12. The molecule has 0 saturated heterocycles. The van der Waals surface area contributed by atoms with E-state index in [-0.39, 0.29) is 17.9 Å². The quantitative estimate of drug-likeness (QED) is 0.673. The van der Waals surface area contributed by atoms with Gasteiger partial charge in [-0.3, -0.25) is 4.68 Å². The number of aryl methyl sites for hydroxylation is 1. The first kappa shape index (κ1) is 16.1. The molecule has 0 N–H and O–H groups in total. The van der Waals surface area contributed by atoms with Gasteiger partial charge in [0.25, 0.3) is 0 Å². The molecule has 2 heterocycles. The smallest absolute Gasteiger partial charge is 0.434 e. The summed E-state index contributed by atoms with van der Waals surface area (Å²) >= 11 is 11.4. The van der Waals surface area contributed by atoms with Crippen LogP contribution in [0.4, 0.5) is 17.6 Å². The van der Waals surface area contributed by atoms with Crippen LogP contribution in [-0.4, -0.2) is 16.4 Å².